The highest BCUT2D eigenvalue weighted by molar-refractivity contribution is 7.99. The molecule has 6 nitrogen and oxygen atoms in total. The van der Waals surface area contributed by atoms with E-state index in [-0.39, 0.29) is 12.4 Å². The lowest BCUT2D eigenvalue weighted by Gasteiger charge is -2.27. The van der Waals surface area contributed by atoms with Gasteiger partial charge >= 0.3 is 6.09 Å². The Bertz CT molecular complexity index is 652. The van der Waals surface area contributed by atoms with Gasteiger partial charge in [-0.3, -0.25) is 9.69 Å². The average Bonchev–Trinajstić information content (AvgIpc) is 3.07. The third-order valence-electron chi connectivity index (χ3n) is 4.82. The molecule has 2 amide bonds. The number of thioether (sulfide) groups is 1. The normalized spacial score (nSPS) is 19.6. The van der Waals surface area contributed by atoms with Crippen LogP contribution in [0, 0.1) is 5.82 Å². The molecule has 1 N–H and O–H groups in total. The molecule has 2 fully saturated rings. The molecule has 0 radical (unpaired) electrons. The summed E-state index contributed by atoms with van der Waals surface area (Å²) < 4.78 is 19.8. The topological polar surface area (TPSA) is 61.9 Å². The number of nitrogens with zero attached hydrogens (tertiary/aromatic N) is 2. The van der Waals surface area contributed by atoms with Crippen LogP contribution in [0.1, 0.15) is 39.5 Å². The minimum absolute atomic E-state index is 0.248. The Morgan fingerprint density at radius 2 is 1.93 bits per heavy atom. The van der Waals surface area contributed by atoms with Gasteiger partial charge in [0.25, 0.3) is 0 Å². The number of carbonyl (C=O) groups excluding carboxylic acids is 2. The monoisotopic (exact) mass is 425 g/mol. The van der Waals surface area contributed by atoms with Crippen molar-refractivity contribution in [3.05, 3.63) is 24.0 Å². The number of hydrogen-bond acceptors (Lipinski definition) is 5. The second-order valence-corrected chi connectivity index (χ2v) is 8.31. The van der Waals surface area contributed by atoms with Crippen LogP contribution in [-0.2, 0) is 9.53 Å². The molecule has 8 heteroatoms. The molecule has 2 saturated heterocycles. The van der Waals surface area contributed by atoms with E-state index in [1.807, 2.05) is 11.8 Å². The van der Waals surface area contributed by atoms with Gasteiger partial charge in [-0.2, -0.15) is 11.8 Å². The molecule has 1 unspecified atom stereocenters. The first-order valence-electron chi connectivity index (χ1n) is 10.4. The molecule has 3 rings (SSSR count). The summed E-state index contributed by atoms with van der Waals surface area (Å²) >= 11 is 1.95. The Morgan fingerprint density at radius 3 is 2.52 bits per heavy atom. The van der Waals surface area contributed by atoms with Crippen molar-refractivity contribution in [2.24, 2.45) is 0 Å². The van der Waals surface area contributed by atoms with Gasteiger partial charge in [0.2, 0.25) is 6.41 Å². The Kier molecular flexibility index (Phi) is 10.1. The highest BCUT2D eigenvalue weighted by Crippen LogP contribution is 2.29. The number of halogens is 1. The molecule has 29 heavy (non-hydrogen) atoms. The van der Waals surface area contributed by atoms with Crippen LogP contribution in [0.25, 0.3) is 0 Å². The first-order valence-corrected chi connectivity index (χ1v) is 11.5. The van der Waals surface area contributed by atoms with Crippen molar-refractivity contribution < 1.29 is 18.7 Å². The zero-order chi connectivity index (χ0) is 21.1. The van der Waals surface area contributed by atoms with Crippen LogP contribution in [0.5, 0.6) is 0 Å². The summed E-state index contributed by atoms with van der Waals surface area (Å²) in [4.78, 5) is 25.8. The van der Waals surface area contributed by atoms with E-state index in [9.17, 15) is 14.0 Å². The van der Waals surface area contributed by atoms with E-state index in [0.717, 1.165) is 37.4 Å². The highest BCUT2D eigenvalue weighted by atomic mass is 32.2. The molecular weight excluding hydrogens is 393 g/mol. The van der Waals surface area contributed by atoms with E-state index < -0.39 is 12.2 Å². The van der Waals surface area contributed by atoms with E-state index >= 15 is 0 Å². The lowest BCUT2D eigenvalue weighted by Crippen LogP contribution is -2.30. The zero-order valence-corrected chi connectivity index (χ0v) is 18.2. The lowest BCUT2D eigenvalue weighted by molar-refractivity contribution is -0.109. The number of ether oxygens (including phenoxy) is 1. The Balaban J connectivity index is 0.000000687. The summed E-state index contributed by atoms with van der Waals surface area (Å²) in [6.45, 7) is 6.58. The van der Waals surface area contributed by atoms with Gasteiger partial charge in [0, 0.05) is 13.1 Å². The number of cyclic esters (lactones) is 1. The van der Waals surface area contributed by atoms with Crippen LogP contribution in [0.4, 0.5) is 20.6 Å². The quantitative estimate of drug-likeness (QED) is 0.697. The van der Waals surface area contributed by atoms with Crippen LogP contribution in [0.3, 0.4) is 0 Å². The van der Waals surface area contributed by atoms with E-state index in [4.69, 9.17) is 4.74 Å². The van der Waals surface area contributed by atoms with Crippen LogP contribution in [0.15, 0.2) is 18.2 Å². The lowest BCUT2D eigenvalue weighted by atomic mass is 10.2. The Hall–Kier alpha value is -1.96. The smallest absolute Gasteiger partial charge is 0.414 e. The molecule has 0 bridgehead atoms. The number of rotatable bonds is 6. The Labute approximate surface area is 177 Å². The second kappa shape index (κ2) is 12.6. The van der Waals surface area contributed by atoms with Crippen molar-refractivity contribution >= 4 is 35.6 Å². The van der Waals surface area contributed by atoms with Crippen LogP contribution < -0.4 is 15.1 Å². The van der Waals surface area contributed by atoms with E-state index in [1.54, 1.807) is 12.1 Å². The third-order valence-corrected chi connectivity index (χ3v) is 5.97. The molecule has 162 valence electrons. The van der Waals surface area contributed by atoms with Gasteiger partial charge in [0.1, 0.15) is 11.9 Å². The number of hydrogen-bond donors (Lipinski definition) is 1. The molecule has 1 aromatic carbocycles. The maximum absolute atomic E-state index is 14.7. The fourth-order valence-electron chi connectivity index (χ4n) is 3.11. The summed E-state index contributed by atoms with van der Waals surface area (Å²) in [7, 11) is 0. The predicted octanol–water partition coefficient (Wildman–Crippen LogP) is 4.04. The summed E-state index contributed by atoms with van der Waals surface area (Å²) in [6.07, 6.45) is 4.33. The molecule has 0 spiro atoms. The minimum Gasteiger partial charge on any atom is -0.442 e. The maximum atomic E-state index is 14.7. The number of carbonyl (C=O) groups is 2. The van der Waals surface area contributed by atoms with Gasteiger partial charge in [0.15, 0.2) is 0 Å². The van der Waals surface area contributed by atoms with Crippen molar-refractivity contribution in [3.63, 3.8) is 0 Å². The standard InChI is InChI=1S/C17H22FN3O3S.C4H10/c18-15-9-13(21-11-14(10-19-12-22)24-17(21)23)3-4-16(15)20-5-1-7-25-8-2-6-20;1-3-4-2/h3-4,9,12,14H,1-2,5-8,10-11H2,(H,19,22);3-4H2,1-2H3. The third kappa shape index (κ3) is 7.10. The molecule has 2 aliphatic heterocycles. The number of unbranched alkanes of at least 4 members (excludes halogenated alkanes) is 1. The minimum atomic E-state index is -0.520. The number of amides is 2. The maximum Gasteiger partial charge on any atom is 0.414 e. The van der Waals surface area contributed by atoms with Crippen LogP contribution in [-0.4, -0.2) is 56.3 Å². The van der Waals surface area contributed by atoms with Gasteiger partial charge in [0.05, 0.1) is 24.5 Å². The largest absolute Gasteiger partial charge is 0.442 e. The SMILES string of the molecule is CCCC.O=CNCC1CN(c2ccc(N3CCCSCCC3)c(F)c2)C(=O)O1. The molecule has 2 aliphatic rings. The molecular formula is C21H32FN3O3S. The summed E-state index contributed by atoms with van der Waals surface area (Å²) in [5.41, 5.74) is 1.06. The van der Waals surface area contributed by atoms with Crippen LogP contribution >= 0.6 is 11.8 Å². The van der Waals surface area contributed by atoms with Crippen molar-refractivity contribution in [1.29, 1.82) is 0 Å². The van der Waals surface area contributed by atoms with Gasteiger partial charge < -0.3 is 15.0 Å². The van der Waals surface area contributed by atoms with Crippen molar-refractivity contribution in [2.45, 2.75) is 45.6 Å². The number of anilines is 2. The van der Waals surface area contributed by atoms with Gasteiger partial charge in [-0.05, 0) is 42.5 Å². The van der Waals surface area contributed by atoms with Gasteiger partial charge in [-0.15, -0.1) is 0 Å². The number of nitrogens with one attached hydrogen (secondary N) is 1. The fraction of sp³-hybridized carbons (Fsp3) is 0.619. The highest BCUT2D eigenvalue weighted by Gasteiger charge is 2.32. The van der Waals surface area contributed by atoms with Crippen LogP contribution in [0.2, 0.25) is 0 Å². The Morgan fingerprint density at radius 1 is 1.24 bits per heavy atom. The molecule has 0 aliphatic carbocycles. The second-order valence-electron chi connectivity index (χ2n) is 7.08. The van der Waals surface area contributed by atoms with Crippen molar-refractivity contribution in [1.82, 2.24) is 5.32 Å². The molecule has 1 aromatic rings. The first kappa shape index (κ1) is 23.3. The summed E-state index contributed by atoms with van der Waals surface area (Å²) in [5, 5.41) is 2.49. The number of benzene rings is 1. The van der Waals surface area contributed by atoms with Crippen molar-refractivity contribution in [3.8, 4) is 0 Å². The predicted molar refractivity (Wildman–Crippen MR) is 117 cm³/mol. The molecule has 0 aromatic heterocycles. The van der Waals surface area contributed by atoms with E-state index in [1.165, 1.54) is 23.8 Å². The first-order chi connectivity index (χ1) is 14.1. The molecule has 1 atom stereocenters. The van der Waals surface area contributed by atoms with E-state index in [2.05, 4.69) is 24.1 Å². The average molecular weight is 426 g/mol. The zero-order valence-electron chi connectivity index (χ0n) is 17.4. The molecule has 0 saturated carbocycles. The molecule has 2 heterocycles. The van der Waals surface area contributed by atoms with Gasteiger partial charge in [-0.1, -0.05) is 26.7 Å². The van der Waals surface area contributed by atoms with Gasteiger partial charge in [-0.25, -0.2) is 9.18 Å². The summed E-state index contributed by atoms with van der Waals surface area (Å²) in [6, 6.07) is 4.88. The van der Waals surface area contributed by atoms with E-state index in [0.29, 0.717) is 24.3 Å². The fourth-order valence-corrected chi connectivity index (χ4v) is 3.98. The van der Waals surface area contributed by atoms with Crippen molar-refractivity contribution in [2.75, 3.05) is 47.5 Å². The summed E-state index contributed by atoms with van der Waals surface area (Å²) in [5.74, 6) is 1.88.